The van der Waals surface area contributed by atoms with E-state index in [4.69, 9.17) is 0 Å². The van der Waals surface area contributed by atoms with E-state index < -0.39 is 0 Å². The molecule has 0 aliphatic rings. The first-order valence-corrected chi connectivity index (χ1v) is 6.43. The van der Waals surface area contributed by atoms with Crippen LogP contribution in [0.5, 0.6) is 0 Å². The lowest BCUT2D eigenvalue weighted by atomic mass is 10.0. The van der Waals surface area contributed by atoms with Gasteiger partial charge in [-0.25, -0.2) is 0 Å². The van der Waals surface area contributed by atoms with Crippen LogP contribution in [0.25, 0.3) is 11.1 Å². The van der Waals surface area contributed by atoms with E-state index >= 15 is 0 Å². The Bertz CT molecular complexity index is 422. The number of hydrogen-bond donors (Lipinski definition) is 1. The quantitative estimate of drug-likeness (QED) is 0.661. The summed E-state index contributed by atoms with van der Waals surface area (Å²) in [6.45, 7) is 0.903. The van der Waals surface area contributed by atoms with Gasteiger partial charge in [-0.1, -0.05) is 70.5 Å². The smallest absolute Gasteiger partial charge is 0.0519 e. The monoisotopic (exact) mass is 275 g/mol. The molecular weight excluding hydrogens is 262 g/mol. The maximum Gasteiger partial charge on any atom is 0.0519 e. The molecular formula is C14H14BrN. The van der Waals surface area contributed by atoms with Crippen molar-refractivity contribution in [1.29, 1.82) is 0 Å². The predicted molar refractivity (Wildman–Crippen MR) is 72.5 cm³/mol. The molecule has 0 bridgehead atoms. The molecule has 2 aromatic carbocycles. The normalized spacial score (nSPS) is 10.3. The van der Waals surface area contributed by atoms with E-state index in [9.17, 15) is 0 Å². The third-order valence-corrected chi connectivity index (χ3v) is 2.88. The van der Waals surface area contributed by atoms with Gasteiger partial charge in [0, 0.05) is 6.54 Å². The minimum absolute atomic E-state index is 0.827. The fourth-order valence-electron chi connectivity index (χ4n) is 1.64. The molecule has 0 aliphatic heterocycles. The molecule has 0 saturated heterocycles. The summed E-state index contributed by atoms with van der Waals surface area (Å²) in [4.78, 5) is 0. The van der Waals surface area contributed by atoms with Crippen LogP contribution in [-0.2, 0) is 6.54 Å². The Labute approximate surface area is 105 Å². The van der Waals surface area contributed by atoms with Crippen molar-refractivity contribution >= 4 is 15.9 Å². The van der Waals surface area contributed by atoms with Gasteiger partial charge in [0.05, 0.1) is 5.45 Å². The summed E-state index contributed by atoms with van der Waals surface area (Å²) in [5.41, 5.74) is 4.66. The van der Waals surface area contributed by atoms with E-state index in [1.165, 1.54) is 16.7 Å². The molecule has 0 fully saturated rings. The second-order valence-electron chi connectivity index (χ2n) is 3.62. The van der Waals surface area contributed by atoms with Gasteiger partial charge in [0.25, 0.3) is 0 Å². The molecule has 0 spiro atoms. The fourth-order valence-corrected chi connectivity index (χ4v) is 1.84. The zero-order valence-electron chi connectivity index (χ0n) is 8.99. The molecule has 1 nitrogen and oxygen atoms in total. The van der Waals surface area contributed by atoms with Gasteiger partial charge in [-0.3, -0.25) is 0 Å². The topological polar surface area (TPSA) is 12.0 Å². The van der Waals surface area contributed by atoms with E-state index in [2.05, 4.69) is 69.8 Å². The first-order chi connectivity index (χ1) is 7.90. The summed E-state index contributed by atoms with van der Waals surface area (Å²) in [5, 5.41) is 3.24. The van der Waals surface area contributed by atoms with E-state index in [1.54, 1.807) is 0 Å². The number of rotatable bonds is 4. The average molecular weight is 276 g/mol. The Balaban J connectivity index is 2.13. The molecule has 0 radical (unpaired) electrons. The van der Waals surface area contributed by atoms with Gasteiger partial charge in [-0.15, -0.1) is 0 Å². The summed E-state index contributed by atoms with van der Waals surface area (Å²) in [5.74, 6) is 0. The molecule has 0 aliphatic carbocycles. The zero-order chi connectivity index (χ0) is 11.2. The largest absolute Gasteiger partial charge is 0.303 e. The Hall–Kier alpha value is -1.12. The summed E-state index contributed by atoms with van der Waals surface area (Å²) < 4.78 is 0. The van der Waals surface area contributed by atoms with Crippen LogP contribution in [-0.4, -0.2) is 5.45 Å². The number of alkyl halides is 1. The molecule has 16 heavy (non-hydrogen) atoms. The second-order valence-corrected chi connectivity index (χ2v) is 4.18. The van der Waals surface area contributed by atoms with Gasteiger partial charge < -0.3 is 5.32 Å². The summed E-state index contributed by atoms with van der Waals surface area (Å²) in [7, 11) is 0. The van der Waals surface area contributed by atoms with Gasteiger partial charge in [0.2, 0.25) is 0 Å². The van der Waals surface area contributed by atoms with Crippen LogP contribution >= 0.6 is 15.9 Å². The molecule has 2 rings (SSSR count). The minimum Gasteiger partial charge on any atom is -0.303 e. The van der Waals surface area contributed by atoms with Crippen molar-refractivity contribution < 1.29 is 0 Å². The Morgan fingerprint density at radius 1 is 0.812 bits per heavy atom. The average Bonchev–Trinajstić information content (AvgIpc) is 2.38. The first-order valence-electron chi connectivity index (χ1n) is 5.31. The van der Waals surface area contributed by atoms with Crippen LogP contribution in [0.3, 0.4) is 0 Å². The van der Waals surface area contributed by atoms with Gasteiger partial charge in [0.15, 0.2) is 0 Å². The molecule has 0 heterocycles. The van der Waals surface area contributed by atoms with E-state index in [0.717, 1.165) is 12.0 Å². The maximum atomic E-state index is 3.35. The number of hydrogen-bond acceptors (Lipinski definition) is 1. The van der Waals surface area contributed by atoms with Crippen LogP contribution in [0, 0.1) is 0 Å². The number of benzene rings is 2. The summed E-state index contributed by atoms with van der Waals surface area (Å²) >= 11 is 3.35. The van der Waals surface area contributed by atoms with Crippen LogP contribution in [0.15, 0.2) is 54.6 Å². The van der Waals surface area contributed by atoms with Crippen molar-refractivity contribution in [2.75, 3.05) is 5.45 Å². The van der Waals surface area contributed by atoms with Gasteiger partial charge >= 0.3 is 0 Å². The molecule has 0 amide bonds. The standard InChI is InChI=1S/C14H14BrN/c15-11-16-10-12-6-8-14(9-7-12)13-4-2-1-3-5-13/h1-9,16H,10-11H2. The molecule has 0 saturated carbocycles. The van der Waals surface area contributed by atoms with Crippen molar-refractivity contribution in [1.82, 2.24) is 5.32 Å². The molecule has 1 N–H and O–H groups in total. The fraction of sp³-hybridized carbons (Fsp3) is 0.143. The molecule has 0 aromatic heterocycles. The third-order valence-electron chi connectivity index (χ3n) is 2.48. The van der Waals surface area contributed by atoms with Crippen molar-refractivity contribution in [2.45, 2.75) is 6.54 Å². The second kappa shape index (κ2) is 5.83. The molecule has 82 valence electrons. The van der Waals surface area contributed by atoms with Crippen LogP contribution in [0.4, 0.5) is 0 Å². The van der Waals surface area contributed by atoms with E-state index in [0.29, 0.717) is 0 Å². The molecule has 2 heteroatoms. The van der Waals surface area contributed by atoms with Gasteiger partial charge in [-0.05, 0) is 16.7 Å². The Morgan fingerprint density at radius 2 is 1.44 bits per heavy atom. The summed E-state index contributed by atoms with van der Waals surface area (Å²) in [6, 6.07) is 19.1. The zero-order valence-corrected chi connectivity index (χ0v) is 10.6. The van der Waals surface area contributed by atoms with Crippen LogP contribution in [0.1, 0.15) is 5.56 Å². The van der Waals surface area contributed by atoms with Crippen molar-refractivity contribution in [3.63, 3.8) is 0 Å². The minimum atomic E-state index is 0.827. The predicted octanol–water partition coefficient (Wildman–Crippen LogP) is 3.80. The maximum absolute atomic E-state index is 3.35. The Morgan fingerprint density at radius 3 is 2.06 bits per heavy atom. The highest BCUT2D eigenvalue weighted by atomic mass is 79.9. The number of nitrogens with one attached hydrogen (secondary N) is 1. The number of halogens is 1. The van der Waals surface area contributed by atoms with Crippen molar-refractivity contribution in [3.8, 4) is 11.1 Å². The van der Waals surface area contributed by atoms with Crippen molar-refractivity contribution in [2.24, 2.45) is 0 Å². The van der Waals surface area contributed by atoms with Crippen molar-refractivity contribution in [3.05, 3.63) is 60.2 Å². The highest BCUT2D eigenvalue weighted by Crippen LogP contribution is 2.19. The molecule has 0 unspecified atom stereocenters. The lowest BCUT2D eigenvalue weighted by Crippen LogP contribution is -2.09. The van der Waals surface area contributed by atoms with Gasteiger partial charge in [-0.2, -0.15) is 0 Å². The SMILES string of the molecule is BrCNCc1ccc(-c2ccccc2)cc1. The molecule has 0 atom stereocenters. The molecule has 2 aromatic rings. The third kappa shape index (κ3) is 2.94. The Kier molecular flexibility index (Phi) is 4.14. The first kappa shape index (κ1) is 11.4. The van der Waals surface area contributed by atoms with Gasteiger partial charge in [0.1, 0.15) is 0 Å². The van der Waals surface area contributed by atoms with E-state index in [1.807, 2.05) is 6.07 Å². The van der Waals surface area contributed by atoms with Crippen LogP contribution < -0.4 is 5.32 Å². The van der Waals surface area contributed by atoms with E-state index in [-0.39, 0.29) is 0 Å². The highest BCUT2D eigenvalue weighted by molar-refractivity contribution is 9.09. The lowest BCUT2D eigenvalue weighted by molar-refractivity contribution is 0.802. The highest BCUT2D eigenvalue weighted by Gasteiger charge is 1.96. The van der Waals surface area contributed by atoms with Crippen LogP contribution in [0.2, 0.25) is 0 Å². The summed E-state index contributed by atoms with van der Waals surface area (Å²) in [6.07, 6.45) is 0. The lowest BCUT2D eigenvalue weighted by Gasteiger charge is -2.04.